The molecule has 0 aliphatic rings. The molecule has 1 atom stereocenters. The highest BCUT2D eigenvalue weighted by Crippen LogP contribution is 2.07. The molecule has 0 saturated heterocycles. The lowest BCUT2D eigenvalue weighted by Crippen LogP contribution is -2.19. The molecule has 0 rings (SSSR count). The molecule has 0 aromatic rings. The predicted octanol–water partition coefficient (Wildman–Crippen LogP) is 2.11. The van der Waals surface area contributed by atoms with Gasteiger partial charge in [-0.1, -0.05) is 33.1 Å². The fraction of sp³-hybridized carbons (Fsp3) is 1.00. The van der Waals surface area contributed by atoms with Gasteiger partial charge in [-0.15, -0.1) is 0 Å². The summed E-state index contributed by atoms with van der Waals surface area (Å²) in [5.74, 6) is 0.606. The zero-order valence-corrected chi connectivity index (χ0v) is 10.9. The molecule has 3 nitrogen and oxygen atoms in total. The van der Waals surface area contributed by atoms with Gasteiger partial charge in [-0.05, 0) is 19.3 Å². The number of nitrogens with two attached hydrogens (primary N) is 1. The molecule has 92 valence electrons. The monoisotopic (exact) mass is 235 g/mol. The molecular weight excluding hydrogens is 210 g/mol. The van der Waals surface area contributed by atoms with Crippen LogP contribution in [0, 0.1) is 0 Å². The van der Waals surface area contributed by atoms with Crippen molar-refractivity contribution < 1.29 is 8.42 Å². The van der Waals surface area contributed by atoms with Crippen LogP contribution in [-0.4, -0.2) is 26.0 Å². The van der Waals surface area contributed by atoms with Gasteiger partial charge in [0, 0.05) is 11.8 Å². The van der Waals surface area contributed by atoms with Crippen molar-refractivity contribution in [2.75, 3.05) is 11.5 Å². The van der Waals surface area contributed by atoms with Crippen LogP contribution in [0.4, 0.5) is 0 Å². The average molecular weight is 235 g/mol. The highest BCUT2D eigenvalue weighted by atomic mass is 32.2. The van der Waals surface area contributed by atoms with Crippen LogP contribution >= 0.6 is 0 Å². The third-order valence-corrected chi connectivity index (χ3v) is 4.42. The summed E-state index contributed by atoms with van der Waals surface area (Å²) in [6, 6.07) is 0.304. The summed E-state index contributed by atoms with van der Waals surface area (Å²) in [6.45, 7) is 3.83. The van der Waals surface area contributed by atoms with Crippen molar-refractivity contribution in [1.29, 1.82) is 0 Å². The average Bonchev–Trinajstić information content (AvgIpc) is 2.17. The van der Waals surface area contributed by atoms with Crippen molar-refractivity contribution in [3.63, 3.8) is 0 Å². The maximum Gasteiger partial charge on any atom is 0.150 e. The van der Waals surface area contributed by atoms with Crippen LogP contribution in [-0.2, 0) is 9.84 Å². The zero-order chi connectivity index (χ0) is 11.7. The molecule has 15 heavy (non-hydrogen) atoms. The van der Waals surface area contributed by atoms with E-state index in [4.69, 9.17) is 5.73 Å². The van der Waals surface area contributed by atoms with Gasteiger partial charge in [0.05, 0.1) is 5.75 Å². The number of hydrogen-bond acceptors (Lipinski definition) is 3. The van der Waals surface area contributed by atoms with Crippen LogP contribution in [0.15, 0.2) is 0 Å². The first-order chi connectivity index (χ1) is 7.02. The van der Waals surface area contributed by atoms with Crippen LogP contribution in [0.2, 0.25) is 0 Å². The van der Waals surface area contributed by atoms with Crippen LogP contribution in [0.3, 0.4) is 0 Å². The van der Waals surface area contributed by atoms with Gasteiger partial charge < -0.3 is 5.73 Å². The SMILES string of the molecule is CCCC(N)CCCCCS(=O)(=O)CC. The Labute approximate surface area is 94.4 Å². The van der Waals surface area contributed by atoms with Crippen LogP contribution in [0.1, 0.15) is 52.4 Å². The molecule has 0 heterocycles. The lowest BCUT2D eigenvalue weighted by molar-refractivity contribution is 0.522. The molecule has 0 spiro atoms. The van der Waals surface area contributed by atoms with Crippen LogP contribution in [0.5, 0.6) is 0 Å². The Morgan fingerprint density at radius 1 is 1.07 bits per heavy atom. The Morgan fingerprint density at radius 3 is 2.27 bits per heavy atom. The molecule has 0 fully saturated rings. The van der Waals surface area contributed by atoms with Crippen molar-refractivity contribution in [3.8, 4) is 0 Å². The van der Waals surface area contributed by atoms with E-state index in [-0.39, 0.29) is 5.75 Å². The number of rotatable bonds is 9. The second kappa shape index (κ2) is 8.11. The Hall–Kier alpha value is -0.0900. The lowest BCUT2D eigenvalue weighted by Gasteiger charge is -2.09. The Balaban J connectivity index is 3.40. The van der Waals surface area contributed by atoms with Gasteiger partial charge in [0.15, 0.2) is 0 Å². The van der Waals surface area contributed by atoms with E-state index in [2.05, 4.69) is 6.92 Å². The van der Waals surface area contributed by atoms with E-state index in [1.165, 1.54) is 0 Å². The molecule has 0 radical (unpaired) electrons. The standard InChI is InChI=1S/C11H25NO2S/c1-3-8-11(12)9-6-5-7-10-15(13,14)4-2/h11H,3-10,12H2,1-2H3. The smallest absolute Gasteiger partial charge is 0.150 e. The fourth-order valence-electron chi connectivity index (χ4n) is 1.56. The third-order valence-electron chi connectivity index (χ3n) is 2.63. The first-order valence-corrected chi connectivity index (χ1v) is 7.80. The maximum absolute atomic E-state index is 11.2. The molecular formula is C11H25NO2S. The Kier molecular flexibility index (Phi) is 8.06. The Bertz CT molecular complexity index is 237. The van der Waals surface area contributed by atoms with Crippen molar-refractivity contribution >= 4 is 9.84 Å². The number of hydrogen-bond donors (Lipinski definition) is 1. The first kappa shape index (κ1) is 14.9. The minimum absolute atomic E-state index is 0.266. The van der Waals surface area contributed by atoms with Gasteiger partial charge in [-0.2, -0.15) is 0 Å². The van der Waals surface area contributed by atoms with E-state index >= 15 is 0 Å². The quantitative estimate of drug-likeness (QED) is 0.623. The summed E-state index contributed by atoms with van der Waals surface area (Å²) >= 11 is 0. The van der Waals surface area contributed by atoms with Crippen LogP contribution < -0.4 is 5.73 Å². The normalized spacial score (nSPS) is 14.1. The van der Waals surface area contributed by atoms with E-state index in [1.807, 2.05) is 0 Å². The first-order valence-electron chi connectivity index (χ1n) is 5.97. The summed E-state index contributed by atoms with van der Waals surface area (Å²) in [6.07, 6.45) is 6.06. The molecule has 0 bridgehead atoms. The van der Waals surface area contributed by atoms with Crippen molar-refractivity contribution in [2.45, 2.75) is 58.4 Å². The molecule has 0 aliphatic heterocycles. The van der Waals surface area contributed by atoms with Crippen molar-refractivity contribution in [1.82, 2.24) is 0 Å². The van der Waals surface area contributed by atoms with Crippen LogP contribution in [0.25, 0.3) is 0 Å². The molecule has 0 saturated carbocycles. The maximum atomic E-state index is 11.2. The number of unbranched alkanes of at least 4 members (excludes halogenated alkanes) is 2. The largest absolute Gasteiger partial charge is 0.328 e. The van der Waals surface area contributed by atoms with Gasteiger partial charge >= 0.3 is 0 Å². The second-order valence-corrected chi connectivity index (χ2v) is 6.61. The minimum atomic E-state index is -2.76. The molecule has 4 heteroatoms. The topological polar surface area (TPSA) is 60.2 Å². The fourth-order valence-corrected chi connectivity index (χ4v) is 2.50. The summed E-state index contributed by atoms with van der Waals surface area (Å²) < 4.78 is 22.3. The molecule has 2 N–H and O–H groups in total. The van der Waals surface area contributed by atoms with E-state index in [9.17, 15) is 8.42 Å². The number of sulfone groups is 1. The highest BCUT2D eigenvalue weighted by molar-refractivity contribution is 7.91. The molecule has 0 aromatic heterocycles. The van der Waals surface area contributed by atoms with Gasteiger partial charge in [0.25, 0.3) is 0 Å². The molecule has 0 aromatic carbocycles. The third kappa shape index (κ3) is 8.88. The summed E-state index contributed by atoms with van der Waals surface area (Å²) in [7, 11) is -2.76. The molecule has 0 amide bonds. The van der Waals surface area contributed by atoms with E-state index in [0.29, 0.717) is 11.8 Å². The predicted molar refractivity (Wildman–Crippen MR) is 65.7 cm³/mol. The second-order valence-electron chi connectivity index (χ2n) is 4.13. The van der Waals surface area contributed by atoms with Gasteiger partial charge in [0.1, 0.15) is 9.84 Å². The van der Waals surface area contributed by atoms with E-state index in [0.717, 1.165) is 38.5 Å². The van der Waals surface area contributed by atoms with Gasteiger partial charge in [0.2, 0.25) is 0 Å². The lowest BCUT2D eigenvalue weighted by atomic mass is 10.1. The molecule has 0 aliphatic carbocycles. The van der Waals surface area contributed by atoms with Gasteiger partial charge in [-0.25, -0.2) is 8.42 Å². The molecule has 1 unspecified atom stereocenters. The zero-order valence-electron chi connectivity index (χ0n) is 10.0. The van der Waals surface area contributed by atoms with E-state index in [1.54, 1.807) is 6.92 Å². The summed E-state index contributed by atoms with van der Waals surface area (Å²) in [4.78, 5) is 0. The Morgan fingerprint density at radius 2 is 1.73 bits per heavy atom. The minimum Gasteiger partial charge on any atom is -0.328 e. The van der Waals surface area contributed by atoms with Crippen molar-refractivity contribution in [2.24, 2.45) is 5.73 Å². The highest BCUT2D eigenvalue weighted by Gasteiger charge is 2.06. The van der Waals surface area contributed by atoms with E-state index < -0.39 is 9.84 Å². The summed E-state index contributed by atoms with van der Waals surface area (Å²) in [5.41, 5.74) is 5.86. The van der Waals surface area contributed by atoms with Crippen molar-refractivity contribution in [3.05, 3.63) is 0 Å². The van der Waals surface area contributed by atoms with Gasteiger partial charge in [-0.3, -0.25) is 0 Å². The summed E-state index contributed by atoms with van der Waals surface area (Å²) in [5, 5.41) is 0.